The monoisotopic (exact) mass is 224 g/mol. The molecular weight excluding hydrogens is 212 g/mol. The van der Waals surface area contributed by atoms with Crippen LogP contribution < -0.4 is 4.72 Å². The third kappa shape index (κ3) is 1.87. The molecule has 0 amide bonds. The fourth-order valence-electron chi connectivity index (χ4n) is 1.53. The molecule has 0 saturated carbocycles. The van der Waals surface area contributed by atoms with Crippen molar-refractivity contribution in [2.45, 2.75) is 13.8 Å². The Morgan fingerprint density at radius 2 is 2.13 bits per heavy atom. The molecule has 0 spiro atoms. The summed E-state index contributed by atoms with van der Waals surface area (Å²) in [7, 11) is -3.34. The standard InChI is InChI=1S/C10H12N2O2S/c1-7(2)8-6-15(13,14)12-9-4-3-5-11-10(8)9/h3-7,12H,1-2H3. The number of nitrogens with zero attached hydrogens (tertiary/aromatic N) is 1. The minimum Gasteiger partial charge on any atom is -0.278 e. The van der Waals surface area contributed by atoms with Gasteiger partial charge in [-0.25, -0.2) is 8.42 Å². The third-order valence-corrected chi connectivity index (χ3v) is 3.31. The van der Waals surface area contributed by atoms with Crippen molar-refractivity contribution in [3.8, 4) is 0 Å². The summed E-state index contributed by atoms with van der Waals surface area (Å²) in [4.78, 5) is 4.19. The molecule has 5 heteroatoms. The molecule has 2 rings (SSSR count). The Morgan fingerprint density at radius 1 is 1.40 bits per heavy atom. The number of hydrogen-bond donors (Lipinski definition) is 1. The van der Waals surface area contributed by atoms with Gasteiger partial charge in [-0.15, -0.1) is 0 Å². The van der Waals surface area contributed by atoms with Crippen LogP contribution in [0.4, 0.5) is 5.69 Å². The van der Waals surface area contributed by atoms with Gasteiger partial charge < -0.3 is 0 Å². The van der Waals surface area contributed by atoms with Crippen molar-refractivity contribution in [2.24, 2.45) is 5.92 Å². The Balaban J connectivity index is 2.66. The number of anilines is 1. The molecule has 0 unspecified atom stereocenters. The van der Waals surface area contributed by atoms with Crippen LogP contribution in [0.5, 0.6) is 0 Å². The van der Waals surface area contributed by atoms with E-state index in [0.29, 0.717) is 5.69 Å². The van der Waals surface area contributed by atoms with Crippen molar-refractivity contribution in [3.63, 3.8) is 0 Å². The van der Waals surface area contributed by atoms with Crippen molar-refractivity contribution in [3.05, 3.63) is 29.4 Å². The van der Waals surface area contributed by atoms with Gasteiger partial charge in [0.1, 0.15) is 0 Å². The van der Waals surface area contributed by atoms with E-state index in [1.807, 2.05) is 13.8 Å². The summed E-state index contributed by atoms with van der Waals surface area (Å²) >= 11 is 0. The molecule has 1 aliphatic heterocycles. The van der Waals surface area contributed by atoms with Crippen LogP contribution >= 0.6 is 0 Å². The van der Waals surface area contributed by atoms with E-state index in [1.54, 1.807) is 18.3 Å². The highest BCUT2D eigenvalue weighted by molar-refractivity contribution is 7.95. The van der Waals surface area contributed by atoms with Gasteiger partial charge in [0.05, 0.1) is 16.8 Å². The number of sulfonamides is 1. The highest BCUT2D eigenvalue weighted by Crippen LogP contribution is 2.32. The van der Waals surface area contributed by atoms with E-state index in [9.17, 15) is 8.42 Å². The second-order valence-corrected chi connectivity index (χ2v) is 5.30. The Morgan fingerprint density at radius 3 is 2.80 bits per heavy atom. The van der Waals surface area contributed by atoms with Gasteiger partial charge in [-0.1, -0.05) is 13.8 Å². The van der Waals surface area contributed by atoms with E-state index in [2.05, 4.69) is 9.71 Å². The Hall–Kier alpha value is -1.36. The molecule has 2 heterocycles. The fraction of sp³-hybridized carbons (Fsp3) is 0.300. The summed E-state index contributed by atoms with van der Waals surface area (Å²) in [5, 5.41) is 1.26. The second-order valence-electron chi connectivity index (χ2n) is 3.77. The van der Waals surface area contributed by atoms with Gasteiger partial charge in [0.25, 0.3) is 10.0 Å². The van der Waals surface area contributed by atoms with Gasteiger partial charge in [0.2, 0.25) is 0 Å². The van der Waals surface area contributed by atoms with Crippen molar-refractivity contribution in [2.75, 3.05) is 4.72 Å². The molecule has 1 aromatic rings. The Labute approximate surface area is 89.1 Å². The quantitative estimate of drug-likeness (QED) is 0.791. The third-order valence-electron chi connectivity index (χ3n) is 2.24. The first-order valence-electron chi connectivity index (χ1n) is 4.69. The highest BCUT2D eigenvalue weighted by atomic mass is 32.2. The molecule has 15 heavy (non-hydrogen) atoms. The van der Waals surface area contributed by atoms with Gasteiger partial charge >= 0.3 is 0 Å². The number of allylic oxidation sites excluding steroid dienone is 1. The minimum atomic E-state index is -3.34. The van der Waals surface area contributed by atoms with Gasteiger partial charge in [-0.2, -0.15) is 0 Å². The lowest BCUT2D eigenvalue weighted by Gasteiger charge is -2.20. The summed E-state index contributed by atoms with van der Waals surface area (Å²) in [6.45, 7) is 3.90. The minimum absolute atomic E-state index is 0.135. The second kappa shape index (κ2) is 3.34. The van der Waals surface area contributed by atoms with E-state index in [1.165, 1.54) is 5.41 Å². The van der Waals surface area contributed by atoms with E-state index in [0.717, 1.165) is 11.3 Å². The lowest BCUT2D eigenvalue weighted by atomic mass is 10.0. The summed E-state index contributed by atoms with van der Waals surface area (Å²) in [6.07, 6.45) is 1.66. The molecule has 4 nitrogen and oxygen atoms in total. The first kappa shape index (κ1) is 10.2. The van der Waals surface area contributed by atoms with Crippen LogP contribution in [0.2, 0.25) is 0 Å². The molecule has 1 aromatic heterocycles. The summed E-state index contributed by atoms with van der Waals surface area (Å²) in [6, 6.07) is 3.43. The molecule has 0 aromatic carbocycles. The van der Waals surface area contributed by atoms with Gasteiger partial charge in [0, 0.05) is 6.20 Å². The molecule has 80 valence electrons. The normalized spacial score (nSPS) is 17.9. The fourth-order valence-corrected chi connectivity index (χ4v) is 2.78. The molecule has 0 radical (unpaired) electrons. The molecule has 0 atom stereocenters. The maximum Gasteiger partial charge on any atom is 0.255 e. The van der Waals surface area contributed by atoms with Crippen molar-refractivity contribution in [1.82, 2.24) is 4.98 Å². The van der Waals surface area contributed by atoms with E-state index in [4.69, 9.17) is 0 Å². The average molecular weight is 224 g/mol. The molecule has 0 aliphatic carbocycles. The molecular formula is C10H12N2O2S. The number of hydrogen-bond acceptors (Lipinski definition) is 3. The summed E-state index contributed by atoms with van der Waals surface area (Å²) in [5.41, 5.74) is 2.04. The van der Waals surface area contributed by atoms with Crippen molar-refractivity contribution < 1.29 is 8.42 Å². The van der Waals surface area contributed by atoms with E-state index in [-0.39, 0.29) is 5.92 Å². The van der Waals surface area contributed by atoms with Gasteiger partial charge in [0.15, 0.2) is 0 Å². The van der Waals surface area contributed by atoms with Crippen molar-refractivity contribution >= 4 is 21.3 Å². The average Bonchev–Trinajstić information content (AvgIpc) is 2.14. The van der Waals surface area contributed by atoms with Gasteiger partial charge in [-0.05, 0) is 23.6 Å². The lowest BCUT2D eigenvalue weighted by Crippen LogP contribution is -2.18. The predicted molar refractivity (Wildman–Crippen MR) is 59.6 cm³/mol. The van der Waals surface area contributed by atoms with Crippen LogP contribution in [0.25, 0.3) is 5.57 Å². The van der Waals surface area contributed by atoms with E-state index < -0.39 is 10.0 Å². The topological polar surface area (TPSA) is 59.1 Å². The molecule has 0 bridgehead atoms. The van der Waals surface area contributed by atoms with Crippen LogP contribution in [0.1, 0.15) is 19.5 Å². The summed E-state index contributed by atoms with van der Waals surface area (Å²) in [5.74, 6) is 0.135. The van der Waals surface area contributed by atoms with Crippen LogP contribution in [0, 0.1) is 5.92 Å². The summed E-state index contributed by atoms with van der Waals surface area (Å²) < 4.78 is 25.5. The number of fused-ring (bicyclic) bond motifs is 1. The van der Waals surface area contributed by atoms with Crippen LogP contribution in [0.3, 0.4) is 0 Å². The number of pyridine rings is 1. The predicted octanol–water partition coefficient (Wildman–Crippen LogP) is 1.83. The van der Waals surface area contributed by atoms with Crippen LogP contribution in [0.15, 0.2) is 23.7 Å². The Kier molecular flexibility index (Phi) is 2.26. The van der Waals surface area contributed by atoms with Crippen LogP contribution in [-0.2, 0) is 10.0 Å². The largest absolute Gasteiger partial charge is 0.278 e. The maximum atomic E-state index is 11.5. The molecule has 0 saturated heterocycles. The zero-order chi connectivity index (χ0) is 11.1. The smallest absolute Gasteiger partial charge is 0.255 e. The van der Waals surface area contributed by atoms with Crippen LogP contribution in [-0.4, -0.2) is 13.4 Å². The zero-order valence-corrected chi connectivity index (χ0v) is 9.38. The number of nitrogens with one attached hydrogen (secondary N) is 1. The zero-order valence-electron chi connectivity index (χ0n) is 8.56. The van der Waals surface area contributed by atoms with E-state index >= 15 is 0 Å². The highest BCUT2D eigenvalue weighted by Gasteiger charge is 2.23. The number of aromatic nitrogens is 1. The first-order valence-corrected chi connectivity index (χ1v) is 6.24. The molecule has 0 fully saturated rings. The van der Waals surface area contributed by atoms with Gasteiger partial charge in [-0.3, -0.25) is 9.71 Å². The SMILES string of the molecule is CC(C)C1=CS(=O)(=O)Nc2cccnc21. The molecule has 1 aliphatic rings. The Bertz CT molecular complexity index is 518. The molecule has 1 N–H and O–H groups in total. The number of rotatable bonds is 1. The lowest BCUT2D eigenvalue weighted by molar-refractivity contribution is 0.608. The first-order chi connectivity index (χ1) is 6.99. The maximum absolute atomic E-state index is 11.5. The van der Waals surface area contributed by atoms with Crippen molar-refractivity contribution in [1.29, 1.82) is 0 Å².